The Kier molecular flexibility index (Phi) is 7.14. The van der Waals surface area contributed by atoms with Crippen molar-refractivity contribution in [2.45, 2.75) is 77.8 Å². The first-order chi connectivity index (χ1) is 8.09. The lowest BCUT2D eigenvalue weighted by Gasteiger charge is -2.29. The third kappa shape index (κ3) is 6.42. The number of nitrogens with zero attached hydrogens (tertiary/aromatic N) is 1. The average molecular weight is 240 g/mol. The van der Waals surface area contributed by atoms with Crippen molar-refractivity contribution in [3.8, 4) is 0 Å². The van der Waals surface area contributed by atoms with Crippen LogP contribution >= 0.6 is 0 Å². The molecule has 1 atom stereocenters. The Morgan fingerprint density at radius 3 is 2.24 bits per heavy atom. The largest absolute Gasteiger partial charge is 0.328 e. The molecule has 1 aliphatic rings. The molecule has 1 saturated carbocycles. The van der Waals surface area contributed by atoms with Gasteiger partial charge in [-0.15, -0.1) is 0 Å². The molecular formula is C15H32N2. The van der Waals surface area contributed by atoms with Crippen molar-refractivity contribution in [2.24, 2.45) is 11.7 Å². The predicted octanol–water partition coefficient (Wildman–Crippen LogP) is 3.40. The molecule has 0 saturated heterocycles. The maximum atomic E-state index is 5.84. The van der Waals surface area contributed by atoms with E-state index in [-0.39, 0.29) is 0 Å². The van der Waals surface area contributed by atoms with Crippen LogP contribution in [0.2, 0.25) is 0 Å². The fraction of sp³-hybridized carbons (Fsp3) is 1.00. The molecule has 1 unspecified atom stereocenters. The van der Waals surface area contributed by atoms with E-state index in [4.69, 9.17) is 5.73 Å². The monoisotopic (exact) mass is 240 g/mol. The highest BCUT2D eigenvalue weighted by Gasteiger charge is 2.21. The molecule has 2 heteroatoms. The molecule has 1 rings (SSSR count). The van der Waals surface area contributed by atoms with Crippen LogP contribution in [-0.4, -0.2) is 30.1 Å². The summed E-state index contributed by atoms with van der Waals surface area (Å²) in [6, 6.07) is 1.24. The lowest BCUT2D eigenvalue weighted by molar-refractivity contribution is 0.183. The molecule has 0 aromatic heterocycles. The highest BCUT2D eigenvalue weighted by molar-refractivity contribution is 4.78. The average Bonchev–Trinajstić information content (AvgIpc) is 2.75. The molecule has 1 fully saturated rings. The summed E-state index contributed by atoms with van der Waals surface area (Å²) in [5, 5.41) is 0. The Morgan fingerprint density at radius 1 is 1.06 bits per heavy atom. The van der Waals surface area contributed by atoms with Gasteiger partial charge in [0.15, 0.2) is 0 Å². The smallest absolute Gasteiger partial charge is 0.00952 e. The summed E-state index contributed by atoms with van der Waals surface area (Å²) >= 11 is 0. The van der Waals surface area contributed by atoms with Crippen molar-refractivity contribution in [1.29, 1.82) is 0 Å². The molecule has 0 amide bonds. The highest BCUT2D eigenvalue weighted by atomic mass is 15.2. The van der Waals surface area contributed by atoms with Crippen LogP contribution in [0.1, 0.15) is 65.7 Å². The fourth-order valence-electron chi connectivity index (χ4n) is 2.79. The summed E-state index contributed by atoms with van der Waals surface area (Å²) in [6.45, 7) is 9.33. The van der Waals surface area contributed by atoms with Gasteiger partial charge in [0, 0.05) is 12.1 Å². The zero-order valence-corrected chi connectivity index (χ0v) is 12.1. The molecule has 0 heterocycles. The Hall–Kier alpha value is -0.0800. The van der Waals surface area contributed by atoms with Gasteiger partial charge in [0.05, 0.1) is 0 Å². The maximum Gasteiger partial charge on any atom is 0.00952 e. The Morgan fingerprint density at radius 2 is 1.71 bits per heavy atom. The third-order valence-corrected chi connectivity index (χ3v) is 3.94. The first-order valence-corrected chi connectivity index (χ1v) is 7.59. The predicted molar refractivity (Wildman–Crippen MR) is 76.2 cm³/mol. The van der Waals surface area contributed by atoms with E-state index >= 15 is 0 Å². The molecule has 2 nitrogen and oxygen atoms in total. The Labute approximate surface area is 108 Å². The Balaban J connectivity index is 2.29. The summed E-state index contributed by atoms with van der Waals surface area (Å²) < 4.78 is 0. The summed E-state index contributed by atoms with van der Waals surface area (Å²) in [6.07, 6.45) is 9.52. The minimum absolute atomic E-state index is 0.366. The molecule has 2 N–H and O–H groups in total. The molecule has 1 aliphatic carbocycles. The molecule has 0 radical (unpaired) electrons. The third-order valence-electron chi connectivity index (χ3n) is 3.94. The van der Waals surface area contributed by atoms with Crippen molar-refractivity contribution in [2.75, 3.05) is 13.1 Å². The van der Waals surface area contributed by atoms with E-state index in [2.05, 4.69) is 25.7 Å². The van der Waals surface area contributed by atoms with E-state index in [9.17, 15) is 0 Å². The Bertz CT molecular complexity index is 183. The topological polar surface area (TPSA) is 29.3 Å². The van der Waals surface area contributed by atoms with Gasteiger partial charge >= 0.3 is 0 Å². The van der Waals surface area contributed by atoms with Crippen LogP contribution in [0.25, 0.3) is 0 Å². The van der Waals surface area contributed by atoms with Gasteiger partial charge in [0.1, 0.15) is 0 Å². The van der Waals surface area contributed by atoms with Crippen LogP contribution < -0.4 is 5.73 Å². The quantitative estimate of drug-likeness (QED) is 0.704. The number of hydrogen-bond donors (Lipinski definition) is 1. The second-order valence-electron chi connectivity index (χ2n) is 6.28. The van der Waals surface area contributed by atoms with Crippen LogP contribution in [0.4, 0.5) is 0 Å². The molecule has 0 aliphatic heterocycles. The maximum absolute atomic E-state index is 5.84. The van der Waals surface area contributed by atoms with Crippen molar-refractivity contribution in [3.63, 3.8) is 0 Å². The van der Waals surface area contributed by atoms with Gasteiger partial charge in [0.25, 0.3) is 0 Å². The number of rotatable bonds is 8. The molecule has 0 bridgehead atoms. The van der Waals surface area contributed by atoms with E-state index in [1.165, 1.54) is 58.0 Å². The molecule has 17 heavy (non-hydrogen) atoms. The summed E-state index contributed by atoms with van der Waals surface area (Å²) in [5.41, 5.74) is 5.84. The number of nitrogens with two attached hydrogens (primary N) is 1. The summed E-state index contributed by atoms with van der Waals surface area (Å²) in [7, 11) is 0. The van der Waals surface area contributed by atoms with Gasteiger partial charge in [0.2, 0.25) is 0 Å². The van der Waals surface area contributed by atoms with E-state index < -0.39 is 0 Å². The van der Waals surface area contributed by atoms with Gasteiger partial charge in [-0.1, -0.05) is 26.7 Å². The van der Waals surface area contributed by atoms with Crippen LogP contribution in [0.3, 0.4) is 0 Å². The zero-order chi connectivity index (χ0) is 12.7. The zero-order valence-electron chi connectivity index (χ0n) is 12.1. The molecule has 102 valence electrons. The second-order valence-corrected chi connectivity index (χ2v) is 6.28. The van der Waals surface area contributed by atoms with E-state index in [0.717, 1.165) is 12.0 Å². The lowest BCUT2D eigenvalue weighted by Crippen LogP contribution is -2.36. The van der Waals surface area contributed by atoms with Crippen LogP contribution in [0.5, 0.6) is 0 Å². The van der Waals surface area contributed by atoms with E-state index in [1.54, 1.807) is 0 Å². The van der Waals surface area contributed by atoms with Crippen molar-refractivity contribution < 1.29 is 0 Å². The van der Waals surface area contributed by atoms with Crippen molar-refractivity contribution in [3.05, 3.63) is 0 Å². The molecule has 0 spiro atoms. The van der Waals surface area contributed by atoms with Crippen LogP contribution in [0.15, 0.2) is 0 Å². The van der Waals surface area contributed by atoms with Crippen molar-refractivity contribution >= 4 is 0 Å². The van der Waals surface area contributed by atoms with Gasteiger partial charge in [-0.2, -0.15) is 0 Å². The minimum atomic E-state index is 0.366. The van der Waals surface area contributed by atoms with Crippen LogP contribution in [0, 0.1) is 5.92 Å². The van der Waals surface area contributed by atoms with Crippen molar-refractivity contribution in [1.82, 2.24) is 4.90 Å². The first kappa shape index (κ1) is 15.0. The van der Waals surface area contributed by atoms with Gasteiger partial charge in [-0.25, -0.2) is 0 Å². The van der Waals surface area contributed by atoms with E-state index in [1.807, 2.05) is 0 Å². The SMILES string of the molecule is CC(C)CCN(CCCC(C)N)C1CCCC1. The van der Waals surface area contributed by atoms with E-state index in [0.29, 0.717) is 6.04 Å². The van der Waals surface area contributed by atoms with Gasteiger partial charge < -0.3 is 10.6 Å². The summed E-state index contributed by atoms with van der Waals surface area (Å²) in [4.78, 5) is 2.75. The highest BCUT2D eigenvalue weighted by Crippen LogP contribution is 2.24. The van der Waals surface area contributed by atoms with Crippen LogP contribution in [-0.2, 0) is 0 Å². The van der Waals surface area contributed by atoms with Gasteiger partial charge in [-0.05, 0) is 58.0 Å². The lowest BCUT2D eigenvalue weighted by atomic mass is 10.1. The normalized spacial score (nSPS) is 19.4. The fourth-order valence-corrected chi connectivity index (χ4v) is 2.79. The molecular weight excluding hydrogens is 208 g/mol. The number of hydrogen-bond acceptors (Lipinski definition) is 2. The summed E-state index contributed by atoms with van der Waals surface area (Å²) in [5.74, 6) is 0.826. The second kappa shape index (κ2) is 8.10. The minimum Gasteiger partial charge on any atom is -0.328 e. The molecule has 0 aromatic carbocycles. The molecule has 0 aromatic rings. The first-order valence-electron chi connectivity index (χ1n) is 7.59. The van der Waals surface area contributed by atoms with Gasteiger partial charge in [-0.3, -0.25) is 0 Å². The standard InChI is InChI=1S/C15H32N2/c1-13(2)10-12-17(11-6-7-14(3)16)15-8-4-5-9-15/h13-15H,4-12,16H2,1-3H3.